The van der Waals surface area contributed by atoms with E-state index >= 15 is 0 Å². The molecule has 3 aromatic rings. The quantitative estimate of drug-likeness (QED) is 0.125. The van der Waals surface area contributed by atoms with Gasteiger partial charge in [0.15, 0.2) is 23.9 Å². The molecule has 1 aromatic heterocycles. The van der Waals surface area contributed by atoms with Gasteiger partial charge in [-0.25, -0.2) is 4.79 Å². The summed E-state index contributed by atoms with van der Waals surface area (Å²) < 4.78 is 48.9. The summed E-state index contributed by atoms with van der Waals surface area (Å²) in [6, 6.07) is 8.91. The summed E-state index contributed by atoms with van der Waals surface area (Å²) in [5, 5.41) is 21.7. The maximum Gasteiger partial charge on any atom is 0.387 e. The number of ether oxygens (including phenoxy) is 4. The zero-order valence-electron chi connectivity index (χ0n) is 22.4. The van der Waals surface area contributed by atoms with Crippen LogP contribution in [0.1, 0.15) is 58.8 Å². The highest BCUT2D eigenvalue weighted by atomic mass is 35.5. The number of pyridine rings is 1. The minimum atomic E-state index is -3.06. The van der Waals surface area contributed by atoms with Gasteiger partial charge in [-0.3, -0.25) is 0 Å². The number of halogens is 4. The van der Waals surface area contributed by atoms with E-state index in [-0.39, 0.29) is 40.1 Å². The minimum absolute atomic E-state index is 0.0406. The number of esters is 1. The third kappa shape index (κ3) is 7.93. The Kier molecular flexibility index (Phi) is 9.55. The van der Waals surface area contributed by atoms with Gasteiger partial charge in [0.25, 0.3) is 0 Å². The molecule has 2 saturated carbocycles. The highest BCUT2D eigenvalue weighted by molar-refractivity contribution is 6.35. The van der Waals surface area contributed by atoms with E-state index in [1.54, 1.807) is 6.07 Å². The van der Waals surface area contributed by atoms with Crippen molar-refractivity contribution in [1.29, 1.82) is 0 Å². The summed E-state index contributed by atoms with van der Waals surface area (Å²) in [4.78, 5) is 13.5. The highest BCUT2D eigenvalue weighted by Crippen LogP contribution is 2.38. The van der Waals surface area contributed by atoms with E-state index in [1.807, 2.05) is 0 Å². The van der Waals surface area contributed by atoms with E-state index in [4.69, 9.17) is 37.4 Å². The number of hydrogen-bond acceptors (Lipinski definition) is 7. The Bertz CT molecular complexity index is 1410. The Morgan fingerprint density at radius 2 is 1.60 bits per heavy atom. The SMILES string of the molecule is O=C(O[C@@H](Cc1c(Cl)c[n+]([O-])cc1Cl)c1ccc(OC(F)F)c(OCC2CC2)c1)c1ccc(CO)c(OCC2CC2)c1. The lowest BCUT2D eigenvalue weighted by Crippen LogP contribution is -2.25. The molecule has 2 aliphatic carbocycles. The van der Waals surface area contributed by atoms with Crippen LogP contribution in [0.3, 0.4) is 0 Å². The topological polar surface area (TPSA) is 101 Å². The molecule has 1 N–H and O–H groups in total. The first-order valence-corrected chi connectivity index (χ1v) is 14.3. The Labute approximate surface area is 251 Å². The van der Waals surface area contributed by atoms with Crippen LogP contribution >= 0.6 is 23.2 Å². The average Bonchev–Trinajstić information content (AvgIpc) is 3.88. The molecule has 0 amide bonds. The predicted octanol–water partition coefficient (Wildman–Crippen LogP) is 6.44. The van der Waals surface area contributed by atoms with Gasteiger partial charge in [0, 0.05) is 17.5 Å². The number of nitrogens with zero attached hydrogens (tertiary/aromatic N) is 1. The second-order valence-electron chi connectivity index (χ2n) is 10.5. The van der Waals surface area contributed by atoms with Gasteiger partial charge in [-0.1, -0.05) is 35.3 Å². The van der Waals surface area contributed by atoms with Gasteiger partial charge in [0.1, 0.15) is 21.9 Å². The second kappa shape index (κ2) is 13.3. The van der Waals surface area contributed by atoms with Gasteiger partial charge in [0.05, 0.1) is 25.4 Å². The van der Waals surface area contributed by atoms with E-state index in [2.05, 4.69) is 4.74 Å². The average molecular weight is 624 g/mol. The molecule has 1 atom stereocenters. The van der Waals surface area contributed by atoms with Crippen molar-refractivity contribution >= 4 is 29.2 Å². The lowest BCUT2D eigenvalue weighted by Gasteiger charge is -2.22. The zero-order valence-corrected chi connectivity index (χ0v) is 24.0. The molecule has 1 heterocycles. The Hall–Kier alpha value is -3.34. The number of aliphatic hydroxyl groups excluding tert-OH is 1. The van der Waals surface area contributed by atoms with Crippen molar-refractivity contribution in [2.45, 2.75) is 51.4 Å². The van der Waals surface area contributed by atoms with E-state index in [0.29, 0.717) is 52.2 Å². The van der Waals surface area contributed by atoms with Crippen molar-refractivity contribution in [1.82, 2.24) is 0 Å². The van der Waals surface area contributed by atoms with Crippen molar-refractivity contribution in [2.75, 3.05) is 13.2 Å². The van der Waals surface area contributed by atoms with Gasteiger partial charge in [0.2, 0.25) is 0 Å². The number of alkyl halides is 2. The largest absolute Gasteiger partial charge is 0.619 e. The number of aromatic nitrogens is 1. The van der Waals surface area contributed by atoms with Crippen LogP contribution in [0.5, 0.6) is 17.2 Å². The van der Waals surface area contributed by atoms with Crippen molar-refractivity contribution in [3.63, 3.8) is 0 Å². The number of carbonyl (C=O) groups excluding carboxylic acids is 1. The fourth-order valence-electron chi connectivity index (χ4n) is 4.30. The van der Waals surface area contributed by atoms with Crippen LogP contribution in [0.2, 0.25) is 10.0 Å². The highest BCUT2D eigenvalue weighted by Gasteiger charge is 2.27. The van der Waals surface area contributed by atoms with Crippen LogP contribution in [0.15, 0.2) is 48.8 Å². The van der Waals surface area contributed by atoms with Crippen LogP contribution < -0.4 is 18.9 Å². The fourth-order valence-corrected chi connectivity index (χ4v) is 4.90. The standard InChI is InChI=1S/C30H29Cl2F2NO7/c31-23-12-35(38)13-24(32)22(23)11-27(19-7-8-25(42-30(33)34)28(9-19)40-16-18-3-4-18)41-29(37)20-5-6-21(14-36)26(10-20)39-15-17-1-2-17/h5-10,12-13,17-18,27,30,36H,1-4,11,14-16H2/t27-/m0/s1. The number of hydrogen-bond donors (Lipinski definition) is 1. The monoisotopic (exact) mass is 623 g/mol. The first-order valence-electron chi connectivity index (χ1n) is 13.6. The number of benzene rings is 2. The number of carbonyl (C=O) groups is 1. The third-order valence-corrected chi connectivity index (χ3v) is 7.72. The van der Waals surface area contributed by atoms with E-state index < -0.39 is 18.7 Å². The lowest BCUT2D eigenvalue weighted by atomic mass is 10.0. The van der Waals surface area contributed by atoms with Gasteiger partial charge in [-0.05, 0) is 67.3 Å². The number of aliphatic hydroxyl groups is 1. The normalized spacial score (nSPS) is 15.4. The fraction of sp³-hybridized carbons (Fsp3) is 0.400. The van der Waals surface area contributed by atoms with Crippen LogP contribution in [-0.2, 0) is 17.8 Å². The molecule has 42 heavy (non-hydrogen) atoms. The molecule has 0 saturated heterocycles. The molecule has 0 bridgehead atoms. The molecule has 12 heteroatoms. The molecule has 0 unspecified atom stereocenters. The smallest absolute Gasteiger partial charge is 0.387 e. The summed E-state index contributed by atoms with van der Waals surface area (Å²) in [5.74, 6) is 0.384. The maximum absolute atomic E-state index is 13.5. The zero-order chi connectivity index (χ0) is 29.8. The Morgan fingerprint density at radius 1 is 0.952 bits per heavy atom. The minimum Gasteiger partial charge on any atom is -0.619 e. The van der Waals surface area contributed by atoms with Crippen molar-refractivity contribution < 1.29 is 42.4 Å². The summed E-state index contributed by atoms with van der Waals surface area (Å²) in [6.45, 7) is -2.52. The van der Waals surface area contributed by atoms with E-state index in [9.17, 15) is 23.9 Å². The van der Waals surface area contributed by atoms with Crippen LogP contribution in [-0.4, -0.2) is 30.9 Å². The molecule has 2 aromatic carbocycles. The first kappa shape index (κ1) is 30.1. The molecular formula is C30H29Cl2F2NO7. The molecule has 8 nitrogen and oxygen atoms in total. The van der Waals surface area contributed by atoms with Crippen LogP contribution in [0, 0.1) is 17.0 Å². The van der Waals surface area contributed by atoms with E-state index in [1.165, 1.54) is 30.3 Å². The molecule has 224 valence electrons. The van der Waals surface area contributed by atoms with Gasteiger partial charge < -0.3 is 29.3 Å². The summed E-state index contributed by atoms with van der Waals surface area (Å²) in [5.41, 5.74) is 1.46. The van der Waals surface area contributed by atoms with E-state index in [0.717, 1.165) is 38.1 Å². The summed E-state index contributed by atoms with van der Waals surface area (Å²) in [6.07, 6.45) is 5.30. The summed E-state index contributed by atoms with van der Waals surface area (Å²) in [7, 11) is 0. The molecule has 5 rings (SSSR count). The van der Waals surface area contributed by atoms with Crippen molar-refractivity contribution in [3.05, 3.63) is 86.3 Å². The predicted molar refractivity (Wildman–Crippen MR) is 149 cm³/mol. The van der Waals surface area contributed by atoms with Crippen LogP contribution in [0.4, 0.5) is 8.78 Å². The van der Waals surface area contributed by atoms with Gasteiger partial charge in [-0.2, -0.15) is 13.5 Å². The third-order valence-electron chi connectivity index (χ3n) is 7.07. The van der Waals surface area contributed by atoms with Crippen molar-refractivity contribution in [2.24, 2.45) is 11.8 Å². The van der Waals surface area contributed by atoms with Crippen LogP contribution in [0.25, 0.3) is 0 Å². The molecule has 2 aliphatic rings. The Morgan fingerprint density at radius 3 is 2.19 bits per heavy atom. The second-order valence-corrected chi connectivity index (χ2v) is 11.3. The Balaban J connectivity index is 1.46. The van der Waals surface area contributed by atoms with Crippen molar-refractivity contribution in [3.8, 4) is 17.2 Å². The molecule has 0 radical (unpaired) electrons. The molecule has 0 aliphatic heterocycles. The first-order chi connectivity index (χ1) is 20.2. The molecular weight excluding hydrogens is 595 g/mol. The lowest BCUT2D eigenvalue weighted by molar-refractivity contribution is -0.605. The molecule has 2 fully saturated rings. The summed E-state index contributed by atoms with van der Waals surface area (Å²) >= 11 is 12.7. The maximum atomic E-state index is 13.5. The van der Waals surface area contributed by atoms with Gasteiger partial charge in [-0.15, -0.1) is 0 Å². The van der Waals surface area contributed by atoms with Gasteiger partial charge >= 0.3 is 12.6 Å². The number of rotatable bonds is 14. The molecule has 0 spiro atoms.